The summed E-state index contributed by atoms with van der Waals surface area (Å²) in [6.07, 6.45) is -4.09. The number of urea groups is 1. The van der Waals surface area contributed by atoms with E-state index in [-0.39, 0.29) is 31.6 Å². The van der Waals surface area contributed by atoms with Crippen LogP contribution in [0.2, 0.25) is 0 Å². The Bertz CT molecular complexity index is 970. The Hall–Kier alpha value is -2.33. The molecule has 4 unspecified atom stereocenters. The summed E-state index contributed by atoms with van der Waals surface area (Å²) in [5.41, 5.74) is -1.97. The van der Waals surface area contributed by atoms with Gasteiger partial charge in [-0.2, -0.15) is 13.2 Å². The van der Waals surface area contributed by atoms with Crippen LogP contribution in [0.1, 0.15) is 43.2 Å². The summed E-state index contributed by atoms with van der Waals surface area (Å²) < 4.78 is 38.8. The predicted octanol–water partition coefficient (Wildman–Crippen LogP) is 1.71. The Labute approximate surface area is 176 Å². The monoisotopic (exact) mass is 439 g/mol. The lowest BCUT2D eigenvalue weighted by molar-refractivity contribution is -0.188. The summed E-state index contributed by atoms with van der Waals surface area (Å²) in [6.45, 7) is 0.117. The van der Waals surface area contributed by atoms with E-state index in [1.54, 1.807) is 17.0 Å². The smallest absolute Gasteiger partial charge is 0.390 e. The van der Waals surface area contributed by atoms with Crippen molar-refractivity contribution in [3.8, 4) is 5.75 Å². The zero-order chi connectivity index (χ0) is 22.2. The van der Waals surface area contributed by atoms with Gasteiger partial charge in [0.2, 0.25) is 0 Å². The average molecular weight is 439 g/mol. The predicted molar refractivity (Wildman–Crippen MR) is 102 cm³/mol. The first-order valence-electron chi connectivity index (χ1n) is 10.5. The fraction of sp³-hybridized carbons (Fsp3) is 0.619. The third kappa shape index (κ3) is 2.87. The Morgan fingerprint density at radius 2 is 1.97 bits per heavy atom. The zero-order valence-corrected chi connectivity index (χ0v) is 16.8. The van der Waals surface area contributed by atoms with Gasteiger partial charge < -0.3 is 15.5 Å². The van der Waals surface area contributed by atoms with E-state index in [9.17, 15) is 33.0 Å². The Morgan fingerprint density at radius 1 is 1.19 bits per heavy atom. The van der Waals surface area contributed by atoms with Gasteiger partial charge in [-0.25, -0.2) is 4.79 Å². The first-order chi connectivity index (χ1) is 14.5. The molecule has 0 radical (unpaired) electrons. The molecule has 2 aliphatic carbocycles. The van der Waals surface area contributed by atoms with E-state index in [2.05, 4.69) is 10.6 Å². The Morgan fingerprint density at radius 3 is 2.65 bits per heavy atom. The van der Waals surface area contributed by atoms with Crippen molar-refractivity contribution in [2.75, 3.05) is 13.1 Å². The molecule has 168 valence electrons. The largest absolute Gasteiger partial charge is 0.508 e. The molecule has 2 saturated heterocycles. The summed E-state index contributed by atoms with van der Waals surface area (Å²) in [5.74, 6) is -0.426. The Balaban J connectivity index is 1.60. The van der Waals surface area contributed by atoms with Crippen LogP contribution >= 0.6 is 0 Å². The number of hydrogen-bond acceptors (Lipinski definition) is 5. The summed E-state index contributed by atoms with van der Waals surface area (Å²) in [5, 5.41) is 27.2. The SMILES string of the molecule is O=C1NC(=O)C2(CCC3(O)C4Cc5ccc(O)cc5C3(CCN4CCC(F)(F)F)C2)N1. The van der Waals surface area contributed by atoms with Gasteiger partial charge in [-0.05, 0) is 61.9 Å². The van der Waals surface area contributed by atoms with Gasteiger partial charge in [-0.1, -0.05) is 6.07 Å². The van der Waals surface area contributed by atoms with E-state index in [0.29, 0.717) is 19.4 Å². The third-order valence-electron chi connectivity index (χ3n) is 7.90. The lowest BCUT2D eigenvalue weighted by Crippen LogP contribution is -2.76. The minimum Gasteiger partial charge on any atom is -0.508 e. The molecule has 31 heavy (non-hydrogen) atoms. The van der Waals surface area contributed by atoms with Gasteiger partial charge >= 0.3 is 12.2 Å². The van der Waals surface area contributed by atoms with Gasteiger partial charge in [0.1, 0.15) is 11.3 Å². The van der Waals surface area contributed by atoms with Crippen LogP contribution in [0.5, 0.6) is 5.75 Å². The van der Waals surface area contributed by atoms with Crippen LogP contribution in [0.25, 0.3) is 0 Å². The maximum Gasteiger partial charge on any atom is 0.390 e. The summed E-state index contributed by atoms with van der Waals surface area (Å²) >= 11 is 0. The maximum absolute atomic E-state index is 12.9. The molecular formula is C21H24F3N3O4. The number of hydrogen-bond donors (Lipinski definition) is 4. The van der Waals surface area contributed by atoms with E-state index < -0.39 is 47.1 Å². The van der Waals surface area contributed by atoms with Gasteiger partial charge in [0, 0.05) is 18.0 Å². The molecule has 3 fully saturated rings. The molecule has 1 aromatic carbocycles. The van der Waals surface area contributed by atoms with Crippen LogP contribution in [0.4, 0.5) is 18.0 Å². The standard InChI is InChI=1S/C21H24F3N3O4/c22-21(23,24)6-8-27-7-5-18-11-19(16(29)25-17(30)26-19)3-4-20(18,31)15(27)9-12-1-2-13(28)10-14(12)18/h1-2,10,15,28,31H,3-9,11H2,(H2,25,26,29,30). The molecule has 1 aromatic rings. The van der Waals surface area contributed by atoms with E-state index in [1.165, 1.54) is 6.07 Å². The average Bonchev–Trinajstić information content (AvgIpc) is 2.94. The van der Waals surface area contributed by atoms with Crippen molar-refractivity contribution in [2.45, 2.75) is 67.3 Å². The normalized spacial score (nSPS) is 37.2. The number of aromatic hydroxyl groups is 1. The van der Waals surface area contributed by atoms with Crippen molar-refractivity contribution < 1.29 is 33.0 Å². The van der Waals surface area contributed by atoms with Gasteiger partial charge in [-0.3, -0.25) is 15.0 Å². The number of phenols is 1. The number of likely N-dealkylation sites (tertiary alicyclic amines) is 1. The number of nitrogens with zero attached hydrogens (tertiary/aromatic N) is 1. The molecular weight excluding hydrogens is 415 g/mol. The maximum atomic E-state index is 12.9. The van der Waals surface area contributed by atoms with Crippen LogP contribution in [0.3, 0.4) is 0 Å². The number of carbonyl (C=O) groups excluding carboxylic acids is 2. The number of phenolic OH excluding ortho intramolecular Hbond substituents is 1. The number of alkyl halides is 3. The lowest BCUT2D eigenvalue weighted by atomic mass is 9.46. The first-order valence-corrected chi connectivity index (χ1v) is 10.5. The molecule has 4 atom stereocenters. The van der Waals surface area contributed by atoms with Crippen molar-refractivity contribution in [3.05, 3.63) is 29.3 Å². The van der Waals surface area contributed by atoms with Crippen molar-refractivity contribution >= 4 is 11.9 Å². The summed E-state index contributed by atoms with van der Waals surface area (Å²) in [4.78, 5) is 26.3. The number of rotatable bonds is 2. The van der Waals surface area contributed by atoms with Crippen molar-refractivity contribution in [1.29, 1.82) is 0 Å². The third-order valence-corrected chi connectivity index (χ3v) is 7.90. The first kappa shape index (κ1) is 20.6. The van der Waals surface area contributed by atoms with Crippen LogP contribution in [0.15, 0.2) is 18.2 Å². The fourth-order valence-electron chi connectivity index (χ4n) is 6.51. The second-order valence-electron chi connectivity index (χ2n) is 9.39. The van der Waals surface area contributed by atoms with E-state index in [0.717, 1.165) is 11.1 Å². The minimum atomic E-state index is -4.29. The number of piperidine rings is 1. The molecule has 1 saturated carbocycles. The van der Waals surface area contributed by atoms with E-state index in [1.807, 2.05) is 0 Å². The highest BCUT2D eigenvalue weighted by Gasteiger charge is 2.69. The second-order valence-corrected chi connectivity index (χ2v) is 9.39. The van der Waals surface area contributed by atoms with Crippen LogP contribution in [0, 0.1) is 0 Å². The van der Waals surface area contributed by atoms with Crippen LogP contribution in [-0.4, -0.2) is 63.5 Å². The van der Waals surface area contributed by atoms with Crippen LogP contribution < -0.4 is 10.6 Å². The molecule has 3 amide bonds. The molecule has 2 aliphatic heterocycles. The molecule has 4 N–H and O–H groups in total. The van der Waals surface area contributed by atoms with Gasteiger partial charge in [0.05, 0.1) is 12.0 Å². The highest BCUT2D eigenvalue weighted by atomic mass is 19.4. The number of fused-ring (bicyclic) bond motifs is 1. The fourth-order valence-corrected chi connectivity index (χ4v) is 6.51. The van der Waals surface area contributed by atoms with Gasteiger partial charge in [0.15, 0.2) is 0 Å². The van der Waals surface area contributed by atoms with Crippen LogP contribution in [-0.2, 0) is 16.6 Å². The summed E-state index contributed by atoms with van der Waals surface area (Å²) in [7, 11) is 0. The second kappa shape index (κ2) is 6.35. The number of amides is 3. The molecule has 0 aromatic heterocycles. The summed E-state index contributed by atoms with van der Waals surface area (Å²) in [6, 6.07) is 3.73. The number of nitrogens with one attached hydrogen (secondary N) is 2. The quantitative estimate of drug-likeness (QED) is 0.526. The molecule has 2 bridgehead atoms. The lowest BCUT2D eigenvalue weighted by Gasteiger charge is -2.65. The molecule has 7 nitrogen and oxygen atoms in total. The molecule has 5 rings (SSSR count). The molecule has 2 heterocycles. The Kier molecular flexibility index (Phi) is 4.21. The van der Waals surface area contributed by atoms with Crippen molar-refractivity contribution in [3.63, 3.8) is 0 Å². The van der Waals surface area contributed by atoms with E-state index >= 15 is 0 Å². The zero-order valence-electron chi connectivity index (χ0n) is 16.8. The molecule has 10 heteroatoms. The molecule has 4 aliphatic rings. The van der Waals surface area contributed by atoms with E-state index in [4.69, 9.17) is 0 Å². The minimum absolute atomic E-state index is 0.0213. The van der Waals surface area contributed by atoms with Gasteiger partial charge in [-0.15, -0.1) is 0 Å². The number of imide groups is 1. The number of carbonyl (C=O) groups is 2. The topological polar surface area (TPSA) is 102 Å². The van der Waals surface area contributed by atoms with Crippen molar-refractivity contribution in [2.24, 2.45) is 0 Å². The van der Waals surface area contributed by atoms with Crippen molar-refractivity contribution in [1.82, 2.24) is 15.5 Å². The highest BCUT2D eigenvalue weighted by Crippen LogP contribution is 2.60. The highest BCUT2D eigenvalue weighted by molar-refractivity contribution is 6.07. The number of benzene rings is 1. The number of halogens is 3. The number of aliphatic hydroxyl groups is 1. The molecule has 1 spiro atoms. The van der Waals surface area contributed by atoms with Gasteiger partial charge in [0.25, 0.3) is 5.91 Å².